The van der Waals surface area contributed by atoms with E-state index in [4.69, 9.17) is 0 Å². The molecule has 1 saturated carbocycles. The maximum Gasteiger partial charge on any atom is 0.0153 e. The Morgan fingerprint density at radius 2 is 1.85 bits per heavy atom. The number of hydrogen-bond donors (Lipinski definition) is 1. The highest BCUT2D eigenvalue weighted by Crippen LogP contribution is 2.24. The molecule has 1 aliphatic carbocycles. The van der Waals surface area contributed by atoms with E-state index in [1.165, 1.54) is 44.9 Å². The Kier molecular flexibility index (Phi) is 4.24. The van der Waals surface area contributed by atoms with E-state index in [0.29, 0.717) is 5.54 Å². The fraction of sp³-hybridized carbons (Fsp3) is 1.00. The van der Waals surface area contributed by atoms with Crippen LogP contribution in [-0.4, -0.2) is 11.6 Å². The van der Waals surface area contributed by atoms with E-state index in [1.807, 2.05) is 0 Å². The van der Waals surface area contributed by atoms with Crippen LogP contribution in [0, 0.1) is 0 Å². The normalized spacial score (nSPS) is 23.3. The highest BCUT2D eigenvalue weighted by molar-refractivity contribution is 4.87. The van der Waals surface area contributed by atoms with E-state index in [-0.39, 0.29) is 0 Å². The molecule has 78 valence electrons. The van der Waals surface area contributed by atoms with Crippen LogP contribution in [0.1, 0.15) is 65.7 Å². The molecule has 0 bridgehead atoms. The second kappa shape index (κ2) is 4.99. The van der Waals surface area contributed by atoms with E-state index in [0.717, 1.165) is 6.04 Å². The summed E-state index contributed by atoms with van der Waals surface area (Å²) in [5.74, 6) is 0. The van der Waals surface area contributed by atoms with Crippen LogP contribution in [0.4, 0.5) is 0 Å². The van der Waals surface area contributed by atoms with E-state index in [2.05, 4.69) is 26.1 Å². The van der Waals surface area contributed by atoms with Crippen LogP contribution in [0.25, 0.3) is 0 Å². The van der Waals surface area contributed by atoms with Gasteiger partial charge < -0.3 is 5.32 Å². The lowest BCUT2D eigenvalue weighted by molar-refractivity contribution is 0.278. The highest BCUT2D eigenvalue weighted by atomic mass is 15.0. The third kappa shape index (κ3) is 3.30. The minimum absolute atomic E-state index is 0.407. The summed E-state index contributed by atoms with van der Waals surface area (Å²) in [5, 5.41) is 3.84. The molecule has 0 radical (unpaired) electrons. The molecule has 0 spiro atoms. The summed E-state index contributed by atoms with van der Waals surface area (Å²) in [7, 11) is 0. The summed E-state index contributed by atoms with van der Waals surface area (Å²) in [6.45, 7) is 6.97. The predicted molar refractivity (Wildman–Crippen MR) is 59.0 cm³/mol. The van der Waals surface area contributed by atoms with Gasteiger partial charge in [0.25, 0.3) is 0 Å². The monoisotopic (exact) mass is 183 g/mol. The van der Waals surface area contributed by atoms with Gasteiger partial charge in [-0.2, -0.15) is 0 Å². The molecule has 1 atom stereocenters. The van der Waals surface area contributed by atoms with Crippen LogP contribution in [0.2, 0.25) is 0 Å². The summed E-state index contributed by atoms with van der Waals surface area (Å²) in [5.41, 5.74) is 0.407. The lowest BCUT2D eigenvalue weighted by atomic mass is 9.92. The molecule has 1 heteroatoms. The molecule has 0 heterocycles. The zero-order valence-electron chi connectivity index (χ0n) is 9.53. The second-order valence-corrected chi connectivity index (χ2v) is 4.79. The zero-order valence-corrected chi connectivity index (χ0v) is 9.53. The lowest BCUT2D eigenvalue weighted by Gasteiger charge is -2.33. The summed E-state index contributed by atoms with van der Waals surface area (Å²) >= 11 is 0. The van der Waals surface area contributed by atoms with E-state index >= 15 is 0 Å². The zero-order chi connectivity index (χ0) is 9.73. The molecule has 0 aliphatic heterocycles. The van der Waals surface area contributed by atoms with Crippen molar-refractivity contribution in [3.8, 4) is 0 Å². The van der Waals surface area contributed by atoms with Crippen LogP contribution in [0.3, 0.4) is 0 Å². The first kappa shape index (κ1) is 11.0. The summed E-state index contributed by atoms with van der Waals surface area (Å²) in [4.78, 5) is 0. The van der Waals surface area contributed by atoms with E-state index in [9.17, 15) is 0 Å². The lowest BCUT2D eigenvalue weighted by Crippen LogP contribution is -2.46. The van der Waals surface area contributed by atoms with Crippen LogP contribution < -0.4 is 5.32 Å². The fourth-order valence-electron chi connectivity index (χ4n) is 2.47. The van der Waals surface area contributed by atoms with Gasteiger partial charge in [-0.05, 0) is 32.6 Å². The molecule has 1 unspecified atom stereocenters. The quantitative estimate of drug-likeness (QED) is 0.688. The summed E-state index contributed by atoms with van der Waals surface area (Å²) < 4.78 is 0. The molecule has 0 aromatic rings. The first-order chi connectivity index (χ1) is 6.20. The molecule has 1 nitrogen and oxygen atoms in total. The largest absolute Gasteiger partial charge is 0.309 e. The van der Waals surface area contributed by atoms with Gasteiger partial charge in [-0.1, -0.05) is 33.1 Å². The van der Waals surface area contributed by atoms with Gasteiger partial charge in [0.15, 0.2) is 0 Å². The van der Waals surface area contributed by atoms with Crippen molar-refractivity contribution in [3.05, 3.63) is 0 Å². The Hall–Kier alpha value is -0.0400. The van der Waals surface area contributed by atoms with Crippen LogP contribution in [0.5, 0.6) is 0 Å². The van der Waals surface area contributed by atoms with Gasteiger partial charge in [-0.25, -0.2) is 0 Å². The molecule has 1 aliphatic rings. The minimum atomic E-state index is 0.407. The first-order valence-electron chi connectivity index (χ1n) is 5.98. The van der Waals surface area contributed by atoms with Crippen molar-refractivity contribution in [3.63, 3.8) is 0 Å². The second-order valence-electron chi connectivity index (χ2n) is 4.79. The van der Waals surface area contributed by atoms with Gasteiger partial charge in [0.2, 0.25) is 0 Å². The summed E-state index contributed by atoms with van der Waals surface area (Å²) in [6, 6.07) is 0.816. The SMILES string of the molecule is CCCC(C)(CC)NC1CCCC1. The Labute approximate surface area is 83.3 Å². The van der Waals surface area contributed by atoms with Gasteiger partial charge in [-0.3, -0.25) is 0 Å². The molecule has 0 aromatic heterocycles. The van der Waals surface area contributed by atoms with Crippen LogP contribution in [0.15, 0.2) is 0 Å². The fourth-order valence-corrected chi connectivity index (χ4v) is 2.47. The van der Waals surface area contributed by atoms with Crippen molar-refractivity contribution >= 4 is 0 Å². The third-order valence-electron chi connectivity index (χ3n) is 3.49. The maximum atomic E-state index is 3.84. The van der Waals surface area contributed by atoms with Gasteiger partial charge in [0, 0.05) is 11.6 Å². The molecule has 0 aromatic carbocycles. The molecule has 1 rings (SSSR count). The Morgan fingerprint density at radius 3 is 2.31 bits per heavy atom. The Bertz CT molecular complexity index is 138. The van der Waals surface area contributed by atoms with Crippen LogP contribution >= 0.6 is 0 Å². The third-order valence-corrected chi connectivity index (χ3v) is 3.49. The van der Waals surface area contributed by atoms with Gasteiger partial charge in [-0.15, -0.1) is 0 Å². The number of hydrogen-bond acceptors (Lipinski definition) is 1. The molecule has 0 saturated heterocycles. The van der Waals surface area contributed by atoms with Crippen molar-refractivity contribution < 1.29 is 0 Å². The predicted octanol–water partition coefficient (Wildman–Crippen LogP) is 3.49. The van der Waals surface area contributed by atoms with Crippen LogP contribution in [-0.2, 0) is 0 Å². The molecule has 1 N–H and O–H groups in total. The van der Waals surface area contributed by atoms with E-state index < -0.39 is 0 Å². The average molecular weight is 183 g/mol. The average Bonchev–Trinajstić information content (AvgIpc) is 2.57. The van der Waals surface area contributed by atoms with Gasteiger partial charge >= 0.3 is 0 Å². The minimum Gasteiger partial charge on any atom is -0.309 e. The van der Waals surface area contributed by atoms with Gasteiger partial charge in [0.1, 0.15) is 0 Å². The highest BCUT2D eigenvalue weighted by Gasteiger charge is 2.25. The standard InChI is InChI=1S/C12H25N/c1-4-10-12(3,5-2)13-11-8-6-7-9-11/h11,13H,4-10H2,1-3H3. The maximum absolute atomic E-state index is 3.84. The first-order valence-corrected chi connectivity index (χ1v) is 5.98. The van der Waals surface area contributed by atoms with E-state index in [1.54, 1.807) is 0 Å². The van der Waals surface area contributed by atoms with Crippen molar-refractivity contribution in [2.24, 2.45) is 0 Å². The molecule has 13 heavy (non-hydrogen) atoms. The summed E-state index contributed by atoms with van der Waals surface area (Å²) in [6.07, 6.45) is 9.55. The molecule has 1 fully saturated rings. The Balaban J connectivity index is 2.36. The van der Waals surface area contributed by atoms with Crippen molar-refractivity contribution in [2.45, 2.75) is 77.3 Å². The molecular formula is C12H25N. The van der Waals surface area contributed by atoms with Crippen molar-refractivity contribution in [2.75, 3.05) is 0 Å². The molecular weight excluding hydrogens is 158 g/mol. The molecule has 0 amide bonds. The Morgan fingerprint density at radius 1 is 1.23 bits per heavy atom. The van der Waals surface area contributed by atoms with Crippen molar-refractivity contribution in [1.82, 2.24) is 5.32 Å². The van der Waals surface area contributed by atoms with Crippen molar-refractivity contribution in [1.29, 1.82) is 0 Å². The topological polar surface area (TPSA) is 12.0 Å². The smallest absolute Gasteiger partial charge is 0.0153 e. The van der Waals surface area contributed by atoms with Gasteiger partial charge in [0.05, 0.1) is 0 Å². The number of nitrogens with one attached hydrogen (secondary N) is 1. The number of rotatable bonds is 5.